The Kier molecular flexibility index (Phi) is 5.39. The summed E-state index contributed by atoms with van der Waals surface area (Å²) < 4.78 is 6.52. The Hall–Kier alpha value is -3.29. The maximum absolute atomic E-state index is 12.2. The summed E-state index contributed by atoms with van der Waals surface area (Å²) in [6.45, 7) is 9.20. The van der Waals surface area contributed by atoms with Gasteiger partial charge in [0.15, 0.2) is 6.61 Å². The van der Waals surface area contributed by atoms with Gasteiger partial charge in [0.2, 0.25) is 0 Å². The summed E-state index contributed by atoms with van der Waals surface area (Å²) in [4.78, 5) is 32.6. The van der Waals surface area contributed by atoms with Gasteiger partial charge in [0.25, 0.3) is 17.5 Å². The molecule has 0 bridgehead atoms. The summed E-state index contributed by atoms with van der Waals surface area (Å²) in [7, 11) is 0. The number of hydrogen-bond acceptors (Lipinski definition) is 6. The van der Waals surface area contributed by atoms with Gasteiger partial charge in [-0.25, -0.2) is 14.3 Å². The quantitative estimate of drug-likeness (QED) is 0.682. The number of carbonyl (C=O) groups is 2. The molecule has 8 heteroatoms. The van der Waals surface area contributed by atoms with Crippen molar-refractivity contribution in [1.29, 1.82) is 0 Å². The zero-order valence-electron chi connectivity index (χ0n) is 16.6. The van der Waals surface area contributed by atoms with Crippen molar-refractivity contribution in [3.63, 3.8) is 0 Å². The van der Waals surface area contributed by atoms with E-state index in [1.54, 1.807) is 0 Å². The first-order valence-electron chi connectivity index (χ1n) is 8.99. The van der Waals surface area contributed by atoms with Crippen molar-refractivity contribution in [3.8, 4) is 0 Å². The molecule has 2 aromatic heterocycles. The Balaban J connectivity index is 1.60. The second-order valence-electron chi connectivity index (χ2n) is 6.90. The van der Waals surface area contributed by atoms with E-state index < -0.39 is 18.5 Å². The minimum Gasteiger partial charge on any atom is -0.450 e. The van der Waals surface area contributed by atoms with Gasteiger partial charge in [-0.1, -0.05) is 18.2 Å². The van der Waals surface area contributed by atoms with E-state index in [-0.39, 0.29) is 11.9 Å². The molecule has 0 unspecified atom stereocenters. The molecule has 3 rings (SSSR count). The van der Waals surface area contributed by atoms with Crippen LogP contribution in [0.5, 0.6) is 0 Å². The molecule has 0 saturated heterocycles. The number of ether oxygens (including phenoxy) is 1. The van der Waals surface area contributed by atoms with E-state index in [4.69, 9.17) is 4.74 Å². The first kappa shape index (κ1) is 19.5. The number of aromatic nitrogens is 4. The standard InChI is InChI=1S/C20H23N5O3/c1-11-6-7-16(8-12(11)2)15(5)22-17(26)10-28-19(27)18-23-20-21-13(3)9-14(4)25(20)24-18/h6-9,15H,10H2,1-5H3,(H,22,26)/t15-/m0/s1. The minimum atomic E-state index is -0.767. The zero-order valence-corrected chi connectivity index (χ0v) is 16.6. The molecule has 0 spiro atoms. The predicted molar refractivity (Wildman–Crippen MR) is 103 cm³/mol. The molecule has 1 amide bonds. The molecule has 1 N–H and O–H groups in total. The number of esters is 1. The average Bonchev–Trinajstić information content (AvgIpc) is 3.06. The third-order valence-corrected chi connectivity index (χ3v) is 4.54. The van der Waals surface area contributed by atoms with Gasteiger partial charge >= 0.3 is 5.97 Å². The molecule has 2 heterocycles. The summed E-state index contributed by atoms with van der Waals surface area (Å²) in [5, 5.41) is 6.91. The molecule has 3 aromatic rings. The number of aryl methyl sites for hydroxylation is 4. The molecule has 0 aliphatic carbocycles. The molecule has 0 saturated carbocycles. The van der Waals surface area contributed by atoms with E-state index in [9.17, 15) is 9.59 Å². The number of amides is 1. The van der Waals surface area contributed by atoms with Crippen LogP contribution in [0.1, 0.15) is 51.7 Å². The van der Waals surface area contributed by atoms with Crippen LogP contribution >= 0.6 is 0 Å². The molecular formula is C20H23N5O3. The summed E-state index contributed by atoms with van der Waals surface area (Å²) in [5.74, 6) is -0.974. The third-order valence-electron chi connectivity index (χ3n) is 4.54. The van der Waals surface area contributed by atoms with Crippen LogP contribution in [-0.2, 0) is 9.53 Å². The number of hydrogen-bond donors (Lipinski definition) is 1. The van der Waals surface area contributed by atoms with Crippen molar-refractivity contribution in [1.82, 2.24) is 24.9 Å². The highest BCUT2D eigenvalue weighted by atomic mass is 16.5. The number of nitrogens with one attached hydrogen (secondary N) is 1. The lowest BCUT2D eigenvalue weighted by atomic mass is 10.0. The van der Waals surface area contributed by atoms with Crippen LogP contribution in [0.2, 0.25) is 0 Å². The topological polar surface area (TPSA) is 98.5 Å². The molecule has 0 radical (unpaired) electrons. The number of benzene rings is 1. The lowest BCUT2D eigenvalue weighted by molar-refractivity contribution is -0.124. The Bertz CT molecular complexity index is 1060. The lowest BCUT2D eigenvalue weighted by Gasteiger charge is -2.15. The number of carbonyl (C=O) groups excluding carboxylic acids is 2. The van der Waals surface area contributed by atoms with Crippen LogP contribution in [0.15, 0.2) is 24.3 Å². The summed E-state index contributed by atoms with van der Waals surface area (Å²) in [6.07, 6.45) is 0. The van der Waals surface area contributed by atoms with Gasteiger partial charge in [-0.05, 0) is 57.4 Å². The fourth-order valence-electron chi connectivity index (χ4n) is 2.85. The molecule has 1 aromatic carbocycles. The van der Waals surface area contributed by atoms with Crippen LogP contribution < -0.4 is 5.32 Å². The van der Waals surface area contributed by atoms with Gasteiger partial charge in [0, 0.05) is 11.4 Å². The van der Waals surface area contributed by atoms with Gasteiger partial charge < -0.3 is 10.1 Å². The molecule has 0 aliphatic heterocycles. The second kappa shape index (κ2) is 7.75. The molecule has 28 heavy (non-hydrogen) atoms. The number of nitrogens with zero attached hydrogens (tertiary/aromatic N) is 4. The van der Waals surface area contributed by atoms with Crippen molar-refractivity contribution >= 4 is 17.7 Å². The predicted octanol–water partition coefficient (Wildman–Crippen LogP) is 2.39. The van der Waals surface area contributed by atoms with Gasteiger partial charge in [-0.15, -0.1) is 5.10 Å². The fraction of sp³-hybridized carbons (Fsp3) is 0.350. The summed E-state index contributed by atoms with van der Waals surface area (Å²) in [6, 6.07) is 7.65. The smallest absolute Gasteiger partial charge is 0.378 e. The average molecular weight is 381 g/mol. The molecule has 146 valence electrons. The van der Waals surface area contributed by atoms with Crippen molar-refractivity contribution in [2.24, 2.45) is 0 Å². The van der Waals surface area contributed by atoms with E-state index in [1.807, 2.05) is 58.9 Å². The second-order valence-corrected chi connectivity index (χ2v) is 6.90. The maximum Gasteiger partial charge on any atom is 0.378 e. The van der Waals surface area contributed by atoms with E-state index in [1.165, 1.54) is 10.1 Å². The van der Waals surface area contributed by atoms with E-state index in [2.05, 4.69) is 20.4 Å². The van der Waals surface area contributed by atoms with Gasteiger partial charge in [-0.3, -0.25) is 4.79 Å². The van der Waals surface area contributed by atoms with Crippen molar-refractivity contribution in [2.75, 3.05) is 6.61 Å². The van der Waals surface area contributed by atoms with Gasteiger partial charge in [-0.2, -0.15) is 4.98 Å². The van der Waals surface area contributed by atoms with Crippen LogP contribution in [0.3, 0.4) is 0 Å². The minimum absolute atomic E-state index is 0.129. The molecule has 0 fully saturated rings. The highest BCUT2D eigenvalue weighted by Crippen LogP contribution is 2.16. The normalized spacial score (nSPS) is 12.0. The van der Waals surface area contributed by atoms with Crippen LogP contribution in [0.4, 0.5) is 0 Å². The third kappa shape index (κ3) is 4.16. The first-order valence-corrected chi connectivity index (χ1v) is 8.99. The first-order chi connectivity index (χ1) is 13.2. The zero-order chi connectivity index (χ0) is 20.4. The molecule has 8 nitrogen and oxygen atoms in total. The van der Waals surface area contributed by atoms with Gasteiger partial charge in [0.1, 0.15) is 0 Å². The van der Waals surface area contributed by atoms with Gasteiger partial charge in [0.05, 0.1) is 6.04 Å². The Morgan fingerprint density at radius 2 is 1.86 bits per heavy atom. The Labute approximate surface area is 163 Å². The van der Waals surface area contributed by atoms with E-state index in [0.717, 1.165) is 22.5 Å². The van der Waals surface area contributed by atoms with E-state index in [0.29, 0.717) is 5.78 Å². The fourth-order valence-corrected chi connectivity index (χ4v) is 2.85. The largest absolute Gasteiger partial charge is 0.450 e. The highest BCUT2D eigenvalue weighted by molar-refractivity contribution is 5.88. The molecule has 1 atom stereocenters. The summed E-state index contributed by atoms with van der Waals surface area (Å²) >= 11 is 0. The highest BCUT2D eigenvalue weighted by Gasteiger charge is 2.18. The maximum atomic E-state index is 12.2. The van der Waals surface area contributed by atoms with E-state index >= 15 is 0 Å². The SMILES string of the molecule is Cc1cc(C)n2nc(C(=O)OCC(=O)N[C@@H](C)c3ccc(C)c(C)c3)nc2n1. The molecule has 0 aliphatic rings. The van der Waals surface area contributed by atoms with Crippen molar-refractivity contribution in [3.05, 3.63) is 58.2 Å². The number of rotatable bonds is 5. The number of fused-ring (bicyclic) bond motifs is 1. The Morgan fingerprint density at radius 3 is 2.57 bits per heavy atom. The van der Waals surface area contributed by atoms with Crippen molar-refractivity contribution < 1.29 is 14.3 Å². The van der Waals surface area contributed by atoms with Crippen LogP contribution in [0, 0.1) is 27.7 Å². The van der Waals surface area contributed by atoms with Crippen LogP contribution in [-0.4, -0.2) is 38.1 Å². The molecular weight excluding hydrogens is 358 g/mol. The Morgan fingerprint density at radius 1 is 1.11 bits per heavy atom. The monoisotopic (exact) mass is 381 g/mol. The lowest BCUT2D eigenvalue weighted by Crippen LogP contribution is -2.31. The summed E-state index contributed by atoms with van der Waals surface area (Å²) in [5.41, 5.74) is 4.91. The van der Waals surface area contributed by atoms with Crippen LogP contribution in [0.25, 0.3) is 5.78 Å². The van der Waals surface area contributed by atoms with Crippen molar-refractivity contribution in [2.45, 2.75) is 40.7 Å².